The number of aliphatic hydroxyl groups is 1. The van der Waals surface area contributed by atoms with Gasteiger partial charge < -0.3 is 20.3 Å². The second-order valence-electron chi connectivity index (χ2n) is 7.53. The molecule has 1 saturated heterocycles. The number of para-hydroxylation sites is 1. The van der Waals surface area contributed by atoms with Gasteiger partial charge in [-0.25, -0.2) is 4.39 Å². The lowest BCUT2D eigenvalue weighted by molar-refractivity contribution is -0.123. The van der Waals surface area contributed by atoms with Crippen molar-refractivity contribution in [2.45, 2.75) is 44.4 Å². The molecule has 152 valence electrons. The molecule has 29 heavy (non-hydrogen) atoms. The fraction of sp³-hybridized carbons (Fsp3) is 0.348. The molecule has 1 aliphatic heterocycles. The van der Waals surface area contributed by atoms with Crippen LogP contribution in [0.4, 0.5) is 4.39 Å². The van der Waals surface area contributed by atoms with Crippen LogP contribution in [-0.4, -0.2) is 28.2 Å². The summed E-state index contributed by atoms with van der Waals surface area (Å²) in [6.45, 7) is 1.54. The molecule has 1 aliphatic rings. The lowest BCUT2D eigenvalue weighted by atomic mass is 9.91. The predicted molar refractivity (Wildman–Crippen MR) is 111 cm³/mol. The van der Waals surface area contributed by atoms with E-state index in [-0.39, 0.29) is 30.4 Å². The zero-order valence-electron chi connectivity index (χ0n) is 16.3. The van der Waals surface area contributed by atoms with E-state index < -0.39 is 0 Å². The van der Waals surface area contributed by atoms with Gasteiger partial charge in [0.15, 0.2) is 0 Å². The Balaban J connectivity index is 1.56. The van der Waals surface area contributed by atoms with E-state index in [0.717, 1.165) is 17.6 Å². The molecule has 3 N–H and O–H groups in total. The van der Waals surface area contributed by atoms with E-state index in [2.05, 4.69) is 33.5 Å². The van der Waals surface area contributed by atoms with Gasteiger partial charge in [-0.15, -0.1) is 0 Å². The fourth-order valence-electron chi connectivity index (χ4n) is 4.17. The molecule has 2 aromatic carbocycles. The highest BCUT2D eigenvalue weighted by atomic mass is 19.1. The molecule has 0 spiro atoms. The topological polar surface area (TPSA) is 66.3 Å². The normalized spacial score (nSPS) is 19.4. The maximum absolute atomic E-state index is 14.4. The van der Waals surface area contributed by atoms with Crippen molar-refractivity contribution in [1.82, 2.24) is 15.2 Å². The number of carbonyl (C=O) groups excluding carboxylic acids is 1. The molecule has 4 rings (SSSR count). The van der Waals surface area contributed by atoms with Crippen LogP contribution in [0.15, 0.2) is 54.7 Å². The van der Waals surface area contributed by atoms with E-state index in [9.17, 15) is 14.3 Å². The first-order chi connectivity index (χ1) is 14.2. The number of rotatable bonds is 7. The molecule has 2 atom stereocenters. The van der Waals surface area contributed by atoms with Crippen molar-refractivity contribution in [3.8, 4) is 0 Å². The van der Waals surface area contributed by atoms with E-state index in [1.54, 1.807) is 18.2 Å². The largest absolute Gasteiger partial charge is 0.396 e. The molecule has 0 unspecified atom stereocenters. The Morgan fingerprint density at radius 1 is 1.17 bits per heavy atom. The Hall–Kier alpha value is -2.70. The summed E-state index contributed by atoms with van der Waals surface area (Å²) in [5, 5.41) is 16.8. The summed E-state index contributed by atoms with van der Waals surface area (Å²) >= 11 is 0. The SMILES string of the molecule is O=C1CC[C@@H](NCc2cn(CCCO)c3ccccc23)[C@H](c2ccccc2F)N1. The van der Waals surface area contributed by atoms with Gasteiger partial charge in [0.05, 0.1) is 6.04 Å². The Morgan fingerprint density at radius 2 is 1.97 bits per heavy atom. The van der Waals surface area contributed by atoms with Crippen LogP contribution in [0, 0.1) is 5.82 Å². The highest BCUT2D eigenvalue weighted by Crippen LogP contribution is 2.28. The van der Waals surface area contributed by atoms with Gasteiger partial charge in [-0.3, -0.25) is 4.79 Å². The lowest BCUT2D eigenvalue weighted by Gasteiger charge is -2.33. The van der Waals surface area contributed by atoms with Crippen LogP contribution in [0.25, 0.3) is 10.9 Å². The molecule has 2 heterocycles. The molecule has 1 fully saturated rings. The Kier molecular flexibility index (Phi) is 5.92. The third-order valence-corrected chi connectivity index (χ3v) is 5.62. The Bertz CT molecular complexity index is 1000. The molecule has 0 bridgehead atoms. The van der Waals surface area contributed by atoms with Crippen LogP contribution in [-0.2, 0) is 17.9 Å². The summed E-state index contributed by atoms with van der Waals surface area (Å²) in [5.41, 5.74) is 2.81. The summed E-state index contributed by atoms with van der Waals surface area (Å²) in [5.74, 6) is -0.344. The number of nitrogens with zero attached hydrogens (tertiary/aromatic N) is 1. The number of aromatic nitrogens is 1. The number of halogens is 1. The summed E-state index contributed by atoms with van der Waals surface area (Å²) in [6.07, 6.45) is 3.91. The number of benzene rings is 2. The van der Waals surface area contributed by atoms with Gasteiger partial charge in [0.1, 0.15) is 5.82 Å². The van der Waals surface area contributed by atoms with E-state index in [1.807, 2.05) is 12.1 Å². The van der Waals surface area contributed by atoms with Gasteiger partial charge >= 0.3 is 0 Å². The van der Waals surface area contributed by atoms with Crippen molar-refractivity contribution in [1.29, 1.82) is 0 Å². The van der Waals surface area contributed by atoms with Crippen molar-refractivity contribution in [2.24, 2.45) is 0 Å². The quantitative estimate of drug-likeness (QED) is 0.575. The number of aryl methyl sites for hydroxylation is 1. The van der Waals surface area contributed by atoms with E-state index in [4.69, 9.17) is 0 Å². The smallest absolute Gasteiger partial charge is 0.220 e. The summed E-state index contributed by atoms with van der Waals surface area (Å²) < 4.78 is 16.5. The monoisotopic (exact) mass is 395 g/mol. The van der Waals surface area contributed by atoms with Gasteiger partial charge in [0.25, 0.3) is 0 Å². The molecule has 0 radical (unpaired) electrons. The van der Waals surface area contributed by atoms with Crippen molar-refractivity contribution in [3.05, 3.63) is 71.7 Å². The van der Waals surface area contributed by atoms with Gasteiger partial charge in [-0.2, -0.15) is 0 Å². The second kappa shape index (κ2) is 8.76. The van der Waals surface area contributed by atoms with Crippen molar-refractivity contribution in [2.75, 3.05) is 6.61 Å². The third kappa shape index (κ3) is 4.18. The molecule has 1 amide bonds. The van der Waals surface area contributed by atoms with Crippen molar-refractivity contribution in [3.63, 3.8) is 0 Å². The van der Waals surface area contributed by atoms with Crippen LogP contribution in [0.2, 0.25) is 0 Å². The first-order valence-corrected chi connectivity index (χ1v) is 10.1. The number of fused-ring (bicyclic) bond motifs is 1. The zero-order chi connectivity index (χ0) is 20.2. The standard InChI is InChI=1S/C23H26FN3O2/c24-19-8-3-1-7-18(19)23-20(10-11-22(29)26-23)25-14-16-15-27(12-5-13-28)21-9-4-2-6-17(16)21/h1-4,6-9,15,20,23,25,28H,5,10-14H2,(H,26,29)/t20-,23+/m1/s1. The van der Waals surface area contributed by atoms with E-state index >= 15 is 0 Å². The average molecular weight is 395 g/mol. The van der Waals surface area contributed by atoms with Gasteiger partial charge in [0, 0.05) is 54.8 Å². The number of amides is 1. The van der Waals surface area contributed by atoms with Crippen LogP contribution in [0.1, 0.15) is 36.4 Å². The first-order valence-electron chi connectivity index (χ1n) is 10.1. The maximum atomic E-state index is 14.4. The summed E-state index contributed by atoms with van der Waals surface area (Å²) in [7, 11) is 0. The highest BCUT2D eigenvalue weighted by Gasteiger charge is 2.31. The van der Waals surface area contributed by atoms with Gasteiger partial charge in [-0.1, -0.05) is 36.4 Å². The first kappa shape index (κ1) is 19.6. The number of hydrogen-bond donors (Lipinski definition) is 3. The maximum Gasteiger partial charge on any atom is 0.220 e. The third-order valence-electron chi connectivity index (χ3n) is 5.62. The molecular weight excluding hydrogens is 369 g/mol. The number of carbonyl (C=O) groups is 1. The number of hydrogen-bond acceptors (Lipinski definition) is 3. The minimum absolute atomic E-state index is 0.0445. The van der Waals surface area contributed by atoms with Crippen LogP contribution < -0.4 is 10.6 Å². The summed E-state index contributed by atoms with van der Waals surface area (Å²) in [4.78, 5) is 12.0. The molecule has 1 aromatic heterocycles. The van der Waals surface area contributed by atoms with E-state index in [0.29, 0.717) is 31.4 Å². The van der Waals surface area contributed by atoms with Crippen molar-refractivity contribution >= 4 is 16.8 Å². The lowest BCUT2D eigenvalue weighted by Crippen LogP contribution is -2.48. The molecule has 0 aliphatic carbocycles. The molecule has 3 aromatic rings. The van der Waals surface area contributed by atoms with Crippen molar-refractivity contribution < 1.29 is 14.3 Å². The molecule has 5 nitrogen and oxygen atoms in total. The highest BCUT2D eigenvalue weighted by molar-refractivity contribution is 5.84. The summed E-state index contributed by atoms with van der Waals surface area (Å²) in [6, 6.07) is 14.4. The second-order valence-corrected chi connectivity index (χ2v) is 7.53. The predicted octanol–water partition coefficient (Wildman–Crippen LogP) is 3.27. The minimum Gasteiger partial charge on any atom is -0.396 e. The average Bonchev–Trinajstić information content (AvgIpc) is 3.09. The Labute approximate surface area is 169 Å². The number of nitrogens with one attached hydrogen (secondary N) is 2. The Morgan fingerprint density at radius 3 is 2.79 bits per heavy atom. The van der Waals surface area contributed by atoms with Crippen LogP contribution >= 0.6 is 0 Å². The number of aliphatic hydroxyl groups excluding tert-OH is 1. The minimum atomic E-state index is -0.389. The van der Waals surface area contributed by atoms with Crippen LogP contribution in [0.5, 0.6) is 0 Å². The zero-order valence-corrected chi connectivity index (χ0v) is 16.3. The van der Waals surface area contributed by atoms with Gasteiger partial charge in [0.2, 0.25) is 5.91 Å². The molecule has 0 saturated carbocycles. The van der Waals surface area contributed by atoms with Crippen LogP contribution in [0.3, 0.4) is 0 Å². The fourth-order valence-corrected chi connectivity index (χ4v) is 4.17. The number of piperidine rings is 1. The molecular formula is C23H26FN3O2. The van der Waals surface area contributed by atoms with E-state index in [1.165, 1.54) is 11.5 Å². The molecule has 6 heteroatoms. The van der Waals surface area contributed by atoms with Gasteiger partial charge in [-0.05, 0) is 30.5 Å².